The van der Waals surface area contributed by atoms with E-state index in [0.717, 1.165) is 5.01 Å². The second-order valence-corrected chi connectivity index (χ2v) is 7.63. The molecule has 0 aromatic carbocycles. The number of hydrogen-bond acceptors (Lipinski definition) is 6. The van der Waals surface area contributed by atoms with Crippen molar-refractivity contribution in [2.75, 3.05) is 13.6 Å². The Morgan fingerprint density at radius 3 is 2.52 bits per heavy atom. The van der Waals surface area contributed by atoms with E-state index in [9.17, 15) is 9.59 Å². The van der Waals surface area contributed by atoms with Gasteiger partial charge in [-0.05, 0) is 0 Å². The van der Waals surface area contributed by atoms with Crippen LogP contribution in [0.1, 0.15) is 62.8 Å². The summed E-state index contributed by atoms with van der Waals surface area (Å²) in [6, 6.07) is 0. The highest BCUT2D eigenvalue weighted by Gasteiger charge is 2.21. The number of hydrogen-bond donors (Lipinski definition) is 1. The molecule has 1 N–H and O–H groups in total. The standard InChI is InChI=1S/C15H19N3O3S2/c1-8(2)12-16-5-11(23-12)14(19)18(4)6-9(3)13-17-10(7-22-13)15(20)21/h5,7-9H,6H2,1-4H3,(H,20,21). The van der Waals surface area contributed by atoms with Crippen molar-refractivity contribution in [1.82, 2.24) is 14.9 Å². The quantitative estimate of drug-likeness (QED) is 0.861. The number of aromatic carboxylic acids is 1. The Kier molecular flexibility index (Phi) is 5.48. The van der Waals surface area contributed by atoms with Gasteiger partial charge in [-0.15, -0.1) is 22.7 Å². The maximum absolute atomic E-state index is 12.4. The Morgan fingerprint density at radius 2 is 2.00 bits per heavy atom. The average Bonchev–Trinajstić information content (AvgIpc) is 3.15. The molecule has 0 radical (unpaired) electrons. The zero-order valence-electron chi connectivity index (χ0n) is 13.4. The summed E-state index contributed by atoms with van der Waals surface area (Å²) in [6.45, 7) is 6.49. The molecule has 0 aliphatic carbocycles. The van der Waals surface area contributed by atoms with Crippen LogP contribution in [-0.2, 0) is 0 Å². The number of carboxylic acids is 1. The number of carbonyl (C=O) groups excluding carboxylic acids is 1. The van der Waals surface area contributed by atoms with Gasteiger partial charge in [-0.3, -0.25) is 4.79 Å². The van der Waals surface area contributed by atoms with Crippen molar-refractivity contribution < 1.29 is 14.7 Å². The summed E-state index contributed by atoms with van der Waals surface area (Å²) < 4.78 is 0. The summed E-state index contributed by atoms with van der Waals surface area (Å²) in [7, 11) is 1.74. The van der Waals surface area contributed by atoms with Crippen molar-refractivity contribution in [3.05, 3.63) is 32.2 Å². The van der Waals surface area contributed by atoms with E-state index in [0.29, 0.717) is 22.3 Å². The van der Waals surface area contributed by atoms with E-state index in [-0.39, 0.29) is 17.5 Å². The number of nitrogens with zero attached hydrogens (tertiary/aromatic N) is 3. The first kappa shape index (κ1) is 17.6. The predicted molar refractivity (Wildman–Crippen MR) is 90.7 cm³/mol. The molecule has 0 spiro atoms. The number of amides is 1. The highest BCUT2D eigenvalue weighted by Crippen LogP contribution is 2.24. The molecule has 0 fully saturated rings. The van der Waals surface area contributed by atoms with Gasteiger partial charge in [0.15, 0.2) is 5.69 Å². The first-order valence-electron chi connectivity index (χ1n) is 7.19. The summed E-state index contributed by atoms with van der Waals surface area (Å²) in [6.07, 6.45) is 1.62. The number of aromatic nitrogens is 2. The van der Waals surface area contributed by atoms with Crippen LogP contribution in [0, 0.1) is 0 Å². The highest BCUT2D eigenvalue weighted by molar-refractivity contribution is 7.13. The molecule has 2 aromatic heterocycles. The molecular formula is C15H19N3O3S2. The molecule has 2 aromatic rings. The second kappa shape index (κ2) is 7.18. The fourth-order valence-electron chi connectivity index (χ4n) is 2.03. The number of likely N-dealkylation sites (N-methyl/N-ethyl adjacent to an activating group) is 1. The first-order valence-corrected chi connectivity index (χ1v) is 8.89. The minimum Gasteiger partial charge on any atom is -0.476 e. The molecule has 2 rings (SSSR count). The average molecular weight is 353 g/mol. The van der Waals surface area contributed by atoms with Gasteiger partial charge in [0, 0.05) is 30.8 Å². The van der Waals surface area contributed by atoms with Crippen molar-refractivity contribution in [3.8, 4) is 0 Å². The fourth-order valence-corrected chi connectivity index (χ4v) is 3.78. The van der Waals surface area contributed by atoms with Gasteiger partial charge < -0.3 is 10.0 Å². The van der Waals surface area contributed by atoms with E-state index in [2.05, 4.69) is 9.97 Å². The number of carboxylic acid groups (broad SMARTS) is 1. The van der Waals surface area contributed by atoms with E-state index < -0.39 is 5.97 Å². The van der Waals surface area contributed by atoms with Gasteiger partial charge in [-0.25, -0.2) is 14.8 Å². The molecule has 8 heteroatoms. The van der Waals surface area contributed by atoms with E-state index >= 15 is 0 Å². The van der Waals surface area contributed by atoms with Crippen LogP contribution in [0.25, 0.3) is 0 Å². The molecule has 0 bridgehead atoms. The van der Waals surface area contributed by atoms with E-state index in [1.165, 1.54) is 28.1 Å². The zero-order valence-corrected chi connectivity index (χ0v) is 15.1. The SMILES string of the molecule is CC(C)c1ncc(C(=O)N(C)CC(C)c2nc(C(=O)O)cs2)s1. The largest absolute Gasteiger partial charge is 0.476 e. The Hall–Kier alpha value is -1.80. The predicted octanol–water partition coefficient (Wildman–Crippen LogP) is 3.30. The Morgan fingerprint density at radius 1 is 1.30 bits per heavy atom. The zero-order chi connectivity index (χ0) is 17.1. The van der Waals surface area contributed by atoms with Crippen molar-refractivity contribution in [1.29, 1.82) is 0 Å². The summed E-state index contributed by atoms with van der Waals surface area (Å²) in [5.74, 6) is -0.832. The summed E-state index contributed by atoms with van der Waals surface area (Å²) >= 11 is 2.72. The number of carbonyl (C=O) groups is 2. The van der Waals surface area contributed by atoms with Gasteiger partial charge in [0.1, 0.15) is 4.88 Å². The van der Waals surface area contributed by atoms with Gasteiger partial charge in [-0.2, -0.15) is 0 Å². The molecule has 1 atom stereocenters. The van der Waals surface area contributed by atoms with Gasteiger partial charge in [-0.1, -0.05) is 20.8 Å². The second-order valence-electron chi connectivity index (χ2n) is 5.68. The highest BCUT2D eigenvalue weighted by atomic mass is 32.1. The molecular weight excluding hydrogens is 334 g/mol. The topological polar surface area (TPSA) is 83.4 Å². The van der Waals surface area contributed by atoms with Crippen LogP contribution in [0.4, 0.5) is 0 Å². The summed E-state index contributed by atoms with van der Waals surface area (Å²) in [5, 5.41) is 12.1. The Labute approximate surface area is 142 Å². The van der Waals surface area contributed by atoms with Gasteiger partial charge >= 0.3 is 5.97 Å². The fraction of sp³-hybridized carbons (Fsp3) is 0.467. The monoisotopic (exact) mass is 353 g/mol. The molecule has 0 saturated carbocycles. The lowest BCUT2D eigenvalue weighted by atomic mass is 10.2. The van der Waals surface area contributed by atoms with Crippen molar-refractivity contribution in [2.24, 2.45) is 0 Å². The van der Waals surface area contributed by atoms with E-state index in [4.69, 9.17) is 5.11 Å². The molecule has 2 heterocycles. The summed E-state index contributed by atoms with van der Waals surface area (Å²) in [4.78, 5) is 33.9. The Balaban J connectivity index is 2.02. The minimum absolute atomic E-state index is 0.0282. The van der Waals surface area contributed by atoms with Crippen LogP contribution in [0.5, 0.6) is 0 Å². The third-order valence-corrected chi connectivity index (χ3v) is 5.65. The van der Waals surface area contributed by atoms with Gasteiger partial charge in [0.25, 0.3) is 5.91 Å². The van der Waals surface area contributed by atoms with Crippen LogP contribution in [0.15, 0.2) is 11.6 Å². The molecule has 1 unspecified atom stereocenters. The molecule has 0 aliphatic heterocycles. The van der Waals surface area contributed by atoms with Crippen LogP contribution in [-0.4, -0.2) is 45.4 Å². The van der Waals surface area contributed by atoms with Gasteiger partial charge in [0.2, 0.25) is 0 Å². The first-order chi connectivity index (χ1) is 10.8. The lowest BCUT2D eigenvalue weighted by Crippen LogP contribution is -2.29. The minimum atomic E-state index is -1.03. The Bertz CT molecular complexity index is 708. The van der Waals surface area contributed by atoms with Crippen LogP contribution in [0.3, 0.4) is 0 Å². The van der Waals surface area contributed by atoms with Crippen molar-refractivity contribution >= 4 is 34.6 Å². The van der Waals surface area contributed by atoms with E-state index in [1.807, 2.05) is 20.8 Å². The van der Waals surface area contributed by atoms with Crippen LogP contribution in [0.2, 0.25) is 0 Å². The van der Waals surface area contributed by atoms with Crippen LogP contribution < -0.4 is 0 Å². The van der Waals surface area contributed by atoms with Gasteiger partial charge in [0.05, 0.1) is 16.2 Å². The number of rotatable bonds is 6. The maximum atomic E-state index is 12.4. The third-order valence-electron chi connectivity index (χ3n) is 3.29. The molecule has 124 valence electrons. The van der Waals surface area contributed by atoms with Crippen LogP contribution >= 0.6 is 22.7 Å². The number of thiazole rings is 2. The van der Waals surface area contributed by atoms with Crippen molar-refractivity contribution in [2.45, 2.75) is 32.6 Å². The third kappa shape index (κ3) is 4.14. The molecule has 6 nitrogen and oxygen atoms in total. The molecule has 1 amide bonds. The molecule has 0 saturated heterocycles. The normalized spacial score (nSPS) is 12.4. The smallest absolute Gasteiger partial charge is 0.355 e. The maximum Gasteiger partial charge on any atom is 0.355 e. The lowest BCUT2D eigenvalue weighted by Gasteiger charge is -2.19. The molecule has 0 aliphatic rings. The van der Waals surface area contributed by atoms with Crippen molar-refractivity contribution in [3.63, 3.8) is 0 Å². The summed E-state index contributed by atoms with van der Waals surface area (Å²) in [5.41, 5.74) is 0.0508. The molecule has 23 heavy (non-hydrogen) atoms. The van der Waals surface area contributed by atoms with E-state index in [1.54, 1.807) is 18.1 Å². The lowest BCUT2D eigenvalue weighted by molar-refractivity contribution is 0.0689.